The van der Waals surface area contributed by atoms with Gasteiger partial charge in [-0.1, -0.05) is 6.92 Å². The number of nitriles is 1. The fourth-order valence-corrected chi connectivity index (χ4v) is 6.18. The summed E-state index contributed by atoms with van der Waals surface area (Å²) in [6.45, 7) is 8.36. The summed E-state index contributed by atoms with van der Waals surface area (Å²) >= 11 is 1.67. The van der Waals surface area contributed by atoms with Crippen molar-refractivity contribution < 1.29 is 9.64 Å². The third-order valence-electron chi connectivity index (χ3n) is 5.81. The lowest BCUT2D eigenvalue weighted by Gasteiger charge is -2.45. The van der Waals surface area contributed by atoms with Crippen molar-refractivity contribution in [1.29, 1.82) is 5.26 Å². The molecule has 1 spiro atoms. The van der Waals surface area contributed by atoms with Crippen LogP contribution >= 0.6 is 11.3 Å². The summed E-state index contributed by atoms with van der Waals surface area (Å²) in [6.07, 6.45) is 0.908. The summed E-state index contributed by atoms with van der Waals surface area (Å²) in [4.78, 5) is 8.33. The first kappa shape index (κ1) is 16.4. The lowest BCUT2D eigenvalue weighted by Crippen LogP contribution is -3.11. The van der Waals surface area contributed by atoms with Crippen LogP contribution in [0.25, 0.3) is 10.2 Å². The van der Waals surface area contributed by atoms with Crippen molar-refractivity contribution in [3.8, 4) is 11.8 Å². The van der Waals surface area contributed by atoms with Gasteiger partial charge in [0.05, 0.1) is 35.8 Å². The Hall–Kier alpha value is -2.10. The Balaban J connectivity index is 2.05. The van der Waals surface area contributed by atoms with Crippen molar-refractivity contribution in [3.05, 3.63) is 33.7 Å². The summed E-state index contributed by atoms with van der Waals surface area (Å²) in [6, 6.07) is 4.45. The Morgan fingerprint density at radius 1 is 1.48 bits per heavy atom. The third-order valence-corrected chi connectivity index (χ3v) is 7.05. The first-order valence-corrected chi connectivity index (χ1v) is 9.50. The van der Waals surface area contributed by atoms with Crippen LogP contribution in [0.4, 0.5) is 0 Å². The minimum Gasteiger partial charge on any atom is -0.439 e. The molecule has 4 heterocycles. The van der Waals surface area contributed by atoms with Crippen molar-refractivity contribution in [2.24, 2.45) is 11.7 Å². The second-order valence-electron chi connectivity index (χ2n) is 7.51. The van der Waals surface area contributed by atoms with Gasteiger partial charge < -0.3 is 15.4 Å². The van der Waals surface area contributed by atoms with E-state index >= 15 is 0 Å². The Kier molecular flexibility index (Phi) is 3.57. The number of aromatic nitrogens is 1. The molecule has 5 nitrogen and oxygen atoms in total. The van der Waals surface area contributed by atoms with Crippen LogP contribution in [0.5, 0.6) is 5.75 Å². The normalized spacial score (nSPS) is 28.8. The van der Waals surface area contributed by atoms with Gasteiger partial charge in [0.2, 0.25) is 5.88 Å². The van der Waals surface area contributed by atoms with E-state index in [1.807, 2.05) is 6.92 Å². The molecule has 1 fully saturated rings. The van der Waals surface area contributed by atoms with Crippen molar-refractivity contribution in [2.75, 3.05) is 20.1 Å². The maximum atomic E-state index is 9.88. The average Bonchev–Trinajstić information content (AvgIpc) is 2.89. The van der Waals surface area contributed by atoms with Crippen LogP contribution in [0.15, 0.2) is 17.5 Å². The van der Waals surface area contributed by atoms with E-state index in [0.717, 1.165) is 51.6 Å². The van der Waals surface area contributed by atoms with Gasteiger partial charge in [0.15, 0.2) is 5.75 Å². The van der Waals surface area contributed by atoms with Crippen molar-refractivity contribution in [3.63, 3.8) is 0 Å². The third kappa shape index (κ3) is 2.12. The van der Waals surface area contributed by atoms with Crippen molar-refractivity contribution >= 4 is 21.6 Å². The Morgan fingerprint density at radius 3 is 2.92 bits per heavy atom. The second kappa shape index (κ2) is 5.45. The van der Waals surface area contributed by atoms with Gasteiger partial charge in [-0.2, -0.15) is 5.26 Å². The first-order valence-electron chi connectivity index (χ1n) is 8.69. The quantitative estimate of drug-likeness (QED) is 0.755. The molecule has 1 unspecified atom stereocenters. The number of nitrogens with zero attached hydrogens (tertiary/aromatic N) is 2. The monoisotopic (exact) mass is 355 g/mol. The van der Waals surface area contributed by atoms with Gasteiger partial charge in [-0.25, -0.2) is 4.98 Å². The molecule has 3 N–H and O–H groups in total. The molecule has 0 aliphatic carbocycles. The summed E-state index contributed by atoms with van der Waals surface area (Å²) in [5.74, 6) is 1.40. The van der Waals surface area contributed by atoms with E-state index in [2.05, 4.69) is 33.0 Å². The summed E-state index contributed by atoms with van der Waals surface area (Å²) in [7, 11) is 2.21. The summed E-state index contributed by atoms with van der Waals surface area (Å²) in [5.41, 5.74) is 8.65. The highest BCUT2D eigenvalue weighted by molar-refractivity contribution is 7.19. The highest BCUT2D eigenvalue weighted by atomic mass is 32.1. The number of pyridine rings is 1. The molecule has 25 heavy (non-hydrogen) atoms. The number of nitrogens with one attached hydrogen (secondary N) is 1. The number of ether oxygens (including phenoxy) is 1. The van der Waals surface area contributed by atoms with E-state index in [1.54, 1.807) is 11.3 Å². The number of piperidine rings is 1. The second-order valence-corrected chi connectivity index (χ2v) is 8.51. The molecular formula is C19H23N4OS+. The topological polar surface area (TPSA) is 76.4 Å². The number of quaternary nitrogens is 1. The Labute approximate surface area is 151 Å². The lowest BCUT2D eigenvalue weighted by molar-refractivity contribution is -0.890. The molecule has 1 saturated heterocycles. The fourth-order valence-electron chi connectivity index (χ4n) is 4.61. The van der Waals surface area contributed by atoms with Gasteiger partial charge in [0, 0.05) is 18.0 Å². The zero-order valence-corrected chi connectivity index (χ0v) is 15.9. The van der Waals surface area contributed by atoms with Crippen LogP contribution in [0, 0.1) is 31.1 Å². The van der Waals surface area contributed by atoms with Crippen molar-refractivity contribution in [2.45, 2.75) is 32.6 Å². The molecule has 2 aromatic rings. The highest BCUT2D eigenvalue weighted by Crippen LogP contribution is 2.56. The molecule has 0 saturated carbocycles. The van der Waals surface area contributed by atoms with Crippen LogP contribution in [-0.2, 0) is 5.41 Å². The van der Waals surface area contributed by atoms with Gasteiger partial charge >= 0.3 is 0 Å². The number of thiophene rings is 1. The lowest BCUT2D eigenvalue weighted by atomic mass is 9.64. The molecule has 6 heteroatoms. The van der Waals surface area contributed by atoms with Crippen LogP contribution in [0.1, 0.15) is 29.5 Å². The molecule has 0 aromatic carbocycles. The Bertz CT molecular complexity index is 954. The molecule has 2 aliphatic rings. The number of nitrogens with two attached hydrogens (primary N) is 1. The summed E-state index contributed by atoms with van der Waals surface area (Å²) < 4.78 is 6.01. The maximum absolute atomic E-state index is 9.88. The molecule has 0 bridgehead atoms. The molecule has 4 rings (SSSR count). The fraction of sp³-hybridized carbons (Fsp3) is 0.474. The van der Waals surface area contributed by atoms with Gasteiger partial charge in [-0.05, 0) is 25.5 Å². The van der Waals surface area contributed by atoms with Crippen LogP contribution in [-0.4, -0.2) is 25.1 Å². The van der Waals surface area contributed by atoms with Crippen molar-refractivity contribution in [1.82, 2.24) is 4.98 Å². The predicted octanol–water partition coefficient (Wildman–Crippen LogP) is 1.79. The maximum Gasteiger partial charge on any atom is 0.205 e. The van der Waals surface area contributed by atoms with Crippen LogP contribution in [0.3, 0.4) is 0 Å². The van der Waals surface area contributed by atoms with E-state index in [1.165, 1.54) is 4.90 Å². The van der Waals surface area contributed by atoms with E-state index in [-0.39, 0.29) is 11.3 Å². The van der Waals surface area contributed by atoms with Gasteiger partial charge in [-0.15, -0.1) is 11.3 Å². The number of likely N-dealkylation sites (tertiary alicyclic amines) is 1. The number of aryl methyl sites for hydroxylation is 2. The zero-order valence-electron chi connectivity index (χ0n) is 15.1. The van der Waals surface area contributed by atoms with E-state index in [9.17, 15) is 5.26 Å². The number of hydrogen-bond donors (Lipinski definition) is 2. The molecule has 2 aromatic heterocycles. The molecule has 3 atom stereocenters. The number of allylic oxidation sites excluding steroid dienone is 1. The molecular weight excluding hydrogens is 332 g/mol. The average molecular weight is 355 g/mol. The van der Waals surface area contributed by atoms with Gasteiger partial charge in [0.1, 0.15) is 16.5 Å². The van der Waals surface area contributed by atoms with Crippen LogP contribution in [0.2, 0.25) is 0 Å². The molecule has 2 aliphatic heterocycles. The number of rotatable bonds is 0. The molecule has 0 amide bonds. The number of hydrogen-bond acceptors (Lipinski definition) is 5. The molecule has 0 radical (unpaired) electrons. The van der Waals surface area contributed by atoms with Gasteiger partial charge in [0.25, 0.3) is 0 Å². The summed E-state index contributed by atoms with van der Waals surface area (Å²) in [5, 5.41) is 10.9. The molecule has 130 valence electrons. The van der Waals surface area contributed by atoms with Gasteiger partial charge in [-0.3, -0.25) is 0 Å². The minimum absolute atomic E-state index is 0.265. The SMILES string of the molecule is Cc1cc(C)c2c3c(sc2n1)[C@@]1(CC[NH+](C)C[C@@H]1C)C(C#N)=C(N)O3. The van der Waals surface area contributed by atoms with Crippen LogP contribution < -0.4 is 15.4 Å². The standard InChI is InChI=1S/C19H22N4OS/c1-10-7-12(3)22-18-14(10)15-16(25-18)19(13(8-20)17(21)24-15)5-6-23(4)9-11(19)2/h7,11H,5-6,9,21H2,1-4H3/p+1/t11-,19+/m0/s1. The Morgan fingerprint density at radius 2 is 2.24 bits per heavy atom. The predicted molar refractivity (Wildman–Crippen MR) is 98.6 cm³/mol. The van der Waals surface area contributed by atoms with E-state index in [4.69, 9.17) is 15.5 Å². The highest BCUT2D eigenvalue weighted by Gasteiger charge is 2.53. The first-order chi connectivity index (χ1) is 11.9. The largest absolute Gasteiger partial charge is 0.439 e. The van der Waals surface area contributed by atoms with E-state index < -0.39 is 0 Å². The van der Waals surface area contributed by atoms with E-state index in [0.29, 0.717) is 11.5 Å². The number of fused-ring (bicyclic) bond motifs is 4. The minimum atomic E-state index is -0.350. The smallest absolute Gasteiger partial charge is 0.205 e. The zero-order chi connectivity index (χ0) is 17.9.